The van der Waals surface area contributed by atoms with Crippen molar-refractivity contribution in [1.82, 2.24) is 15.3 Å². The summed E-state index contributed by atoms with van der Waals surface area (Å²) in [6, 6.07) is 7.72. The van der Waals surface area contributed by atoms with E-state index in [0.717, 1.165) is 22.0 Å². The molecule has 1 atom stereocenters. The second-order valence-corrected chi connectivity index (χ2v) is 4.23. The zero-order valence-electron chi connectivity index (χ0n) is 9.81. The van der Waals surface area contributed by atoms with Crippen LogP contribution in [0.25, 0.3) is 0 Å². The fourth-order valence-electron chi connectivity index (χ4n) is 1.72. The highest BCUT2D eigenvalue weighted by molar-refractivity contribution is 6.31. The Morgan fingerprint density at radius 2 is 1.94 bits per heavy atom. The second kappa shape index (κ2) is 5.25. The van der Waals surface area contributed by atoms with Crippen LogP contribution in [0.1, 0.15) is 23.0 Å². The molecule has 3 nitrogen and oxygen atoms in total. The third-order valence-electron chi connectivity index (χ3n) is 2.60. The first kappa shape index (κ1) is 12.0. The molecule has 0 saturated carbocycles. The van der Waals surface area contributed by atoms with Crippen molar-refractivity contribution >= 4 is 11.6 Å². The predicted molar refractivity (Wildman–Crippen MR) is 69.1 cm³/mol. The Hall–Kier alpha value is -1.45. The molecule has 0 aliphatic carbocycles. The van der Waals surface area contributed by atoms with Gasteiger partial charge in [-0.2, -0.15) is 0 Å². The van der Waals surface area contributed by atoms with Crippen molar-refractivity contribution in [3.05, 3.63) is 58.6 Å². The van der Waals surface area contributed by atoms with Gasteiger partial charge in [-0.1, -0.05) is 29.8 Å². The first-order valence-corrected chi connectivity index (χ1v) is 5.80. The second-order valence-electron chi connectivity index (χ2n) is 3.83. The maximum absolute atomic E-state index is 6.19. The highest BCUT2D eigenvalue weighted by Gasteiger charge is 2.16. The van der Waals surface area contributed by atoms with Crippen molar-refractivity contribution in [3.8, 4) is 0 Å². The van der Waals surface area contributed by atoms with E-state index in [4.69, 9.17) is 11.6 Å². The molecule has 1 aromatic heterocycles. The molecule has 1 heterocycles. The monoisotopic (exact) mass is 247 g/mol. The maximum atomic E-state index is 6.19. The van der Waals surface area contributed by atoms with Crippen LogP contribution in [0, 0.1) is 6.92 Å². The summed E-state index contributed by atoms with van der Waals surface area (Å²) in [7, 11) is 1.88. The van der Waals surface area contributed by atoms with Crippen LogP contribution in [-0.2, 0) is 0 Å². The lowest BCUT2D eigenvalue weighted by Crippen LogP contribution is -2.19. The van der Waals surface area contributed by atoms with Gasteiger partial charge in [0.2, 0.25) is 0 Å². The Bertz CT molecular complexity index is 496. The van der Waals surface area contributed by atoms with E-state index >= 15 is 0 Å². The van der Waals surface area contributed by atoms with Crippen molar-refractivity contribution in [2.75, 3.05) is 7.05 Å². The fourth-order valence-corrected chi connectivity index (χ4v) is 1.97. The molecule has 4 heteroatoms. The Balaban J connectivity index is 2.40. The van der Waals surface area contributed by atoms with Gasteiger partial charge in [0, 0.05) is 11.2 Å². The van der Waals surface area contributed by atoms with Crippen LogP contribution in [0.4, 0.5) is 0 Å². The Kier molecular flexibility index (Phi) is 3.71. The summed E-state index contributed by atoms with van der Waals surface area (Å²) in [4.78, 5) is 8.64. The number of nitrogens with zero attached hydrogens (tertiary/aromatic N) is 2. The van der Waals surface area contributed by atoms with Crippen LogP contribution in [-0.4, -0.2) is 17.0 Å². The molecule has 0 bridgehead atoms. The minimum absolute atomic E-state index is 0.0307. The minimum atomic E-state index is -0.0307. The zero-order chi connectivity index (χ0) is 12.3. The van der Waals surface area contributed by atoms with Crippen molar-refractivity contribution in [2.45, 2.75) is 13.0 Å². The lowest BCUT2D eigenvalue weighted by molar-refractivity contribution is 0.666. The number of hydrogen-bond donors (Lipinski definition) is 1. The van der Waals surface area contributed by atoms with Crippen molar-refractivity contribution in [2.24, 2.45) is 0 Å². The quantitative estimate of drug-likeness (QED) is 0.906. The first-order chi connectivity index (χ1) is 8.22. The van der Waals surface area contributed by atoms with Crippen LogP contribution in [0.15, 0.2) is 36.7 Å². The van der Waals surface area contributed by atoms with Gasteiger partial charge in [0.15, 0.2) is 0 Å². The van der Waals surface area contributed by atoms with Gasteiger partial charge in [-0.15, -0.1) is 0 Å². The van der Waals surface area contributed by atoms with Crippen LogP contribution in [0.2, 0.25) is 5.02 Å². The Labute approximate surface area is 106 Å². The number of aromatic nitrogens is 2. The summed E-state index contributed by atoms with van der Waals surface area (Å²) in [5.41, 5.74) is 2.78. The SMILES string of the molecule is CNC(c1cnc(C)cn1)c1ccccc1Cl. The van der Waals surface area contributed by atoms with Crippen LogP contribution >= 0.6 is 11.6 Å². The highest BCUT2D eigenvalue weighted by atomic mass is 35.5. The van der Waals surface area contributed by atoms with E-state index in [1.807, 2.05) is 38.2 Å². The Morgan fingerprint density at radius 1 is 1.18 bits per heavy atom. The lowest BCUT2D eigenvalue weighted by Gasteiger charge is -2.17. The van der Waals surface area contributed by atoms with E-state index in [-0.39, 0.29) is 6.04 Å². The number of hydrogen-bond acceptors (Lipinski definition) is 3. The molecule has 1 unspecified atom stereocenters. The maximum Gasteiger partial charge on any atom is 0.0802 e. The normalized spacial score (nSPS) is 12.4. The standard InChI is InChI=1S/C13H14ClN3/c1-9-7-17-12(8-16-9)13(15-2)10-5-3-4-6-11(10)14/h3-8,13,15H,1-2H3. The summed E-state index contributed by atoms with van der Waals surface area (Å²) in [6.45, 7) is 1.92. The molecular formula is C13H14ClN3. The largest absolute Gasteiger partial charge is 0.308 e. The summed E-state index contributed by atoms with van der Waals surface area (Å²) < 4.78 is 0. The smallest absolute Gasteiger partial charge is 0.0802 e. The summed E-state index contributed by atoms with van der Waals surface area (Å²) in [5.74, 6) is 0. The zero-order valence-corrected chi connectivity index (χ0v) is 10.6. The molecule has 2 rings (SSSR count). The molecule has 0 amide bonds. The third-order valence-corrected chi connectivity index (χ3v) is 2.95. The van der Waals surface area contributed by atoms with Crippen molar-refractivity contribution in [3.63, 3.8) is 0 Å². The molecule has 88 valence electrons. The molecule has 2 aromatic rings. The predicted octanol–water partition coefficient (Wildman–Crippen LogP) is 2.75. The number of nitrogens with one attached hydrogen (secondary N) is 1. The van der Waals surface area contributed by atoms with E-state index < -0.39 is 0 Å². The molecule has 0 fully saturated rings. The van der Waals surface area contributed by atoms with E-state index in [0.29, 0.717) is 0 Å². The van der Waals surface area contributed by atoms with Gasteiger partial charge < -0.3 is 5.32 Å². The molecular weight excluding hydrogens is 234 g/mol. The van der Waals surface area contributed by atoms with Gasteiger partial charge >= 0.3 is 0 Å². The van der Waals surface area contributed by atoms with Gasteiger partial charge in [0.1, 0.15) is 0 Å². The summed E-state index contributed by atoms with van der Waals surface area (Å²) >= 11 is 6.19. The van der Waals surface area contributed by atoms with Gasteiger partial charge in [-0.25, -0.2) is 0 Å². The highest BCUT2D eigenvalue weighted by Crippen LogP contribution is 2.26. The number of benzene rings is 1. The average Bonchev–Trinajstić information content (AvgIpc) is 2.35. The topological polar surface area (TPSA) is 37.8 Å². The first-order valence-electron chi connectivity index (χ1n) is 5.42. The molecule has 0 radical (unpaired) electrons. The third kappa shape index (κ3) is 2.62. The molecule has 17 heavy (non-hydrogen) atoms. The molecule has 0 aliphatic rings. The number of halogens is 1. The van der Waals surface area contributed by atoms with E-state index in [1.54, 1.807) is 12.4 Å². The van der Waals surface area contributed by atoms with Crippen LogP contribution in [0.5, 0.6) is 0 Å². The van der Waals surface area contributed by atoms with Crippen LogP contribution < -0.4 is 5.32 Å². The lowest BCUT2D eigenvalue weighted by atomic mass is 10.0. The van der Waals surface area contributed by atoms with Crippen molar-refractivity contribution < 1.29 is 0 Å². The van der Waals surface area contributed by atoms with Gasteiger partial charge in [0.25, 0.3) is 0 Å². The van der Waals surface area contributed by atoms with Gasteiger partial charge in [0.05, 0.1) is 23.6 Å². The molecule has 1 aromatic carbocycles. The van der Waals surface area contributed by atoms with Crippen molar-refractivity contribution in [1.29, 1.82) is 0 Å². The molecule has 0 spiro atoms. The summed E-state index contributed by atoms with van der Waals surface area (Å²) in [5, 5.41) is 3.94. The average molecular weight is 248 g/mol. The van der Waals surface area contributed by atoms with Gasteiger partial charge in [-0.05, 0) is 25.6 Å². The van der Waals surface area contributed by atoms with Gasteiger partial charge in [-0.3, -0.25) is 9.97 Å². The van der Waals surface area contributed by atoms with Crippen LogP contribution in [0.3, 0.4) is 0 Å². The van der Waals surface area contributed by atoms with E-state index in [1.165, 1.54) is 0 Å². The molecule has 0 aliphatic heterocycles. The van der Waals surface area contributed by atoms with E-state index in [9.17, 15) is 0 Å². The number of aryl methyl sites for hydroxylation is 1. The Morgan fingerprint density at radius 3 is 2.53 bits per heavy atom. The molecule has 1 N–H and O–H groups in total. The summed E-state index contributed by atoms with van der Waals surface area (Å²) in [6.07, 6.45) is 3.54. The number of rotatable bonds is 3. The minimum Gasteiger partial charge on any atom is -0.308 e. The van der Waals surface area contributed by atoms with E-state index in [2.05, 4.69) is 15.3 Å². The molecule has 0 saturated heterocycles. The fraction of sp³-hybridized carbons (Fsp3) is 0.231.